The summed E-state index contributed by atoms with van der Waals surface area (Å²) in [6.07, 6.45) is 0.931. The zero-order valence-electron chi connectivity index (χ0n) is 11.2. The van der Waals surface area contributed by atoms with E-state index in [1.54, 1.807) is 0 Å². The van der Waals surface area contributed by atoms with Crippen molar-refractivity contribution in [2.75, 3.05) is 20.6 Å². The largest absolute Gasteiger partial charge is 0.309 e. The van der Waals surface area contributed by atoms with E-state index in [4.69, 9.17) is 4.98 Å². The fraction of sp³-hybridized carbons (Fsp3) is 0.692. The Labute approximate surface area is 103 Å². The van der Waals surface area contributed by atoms with E-state index in [9.17, 15) is 0 Å². The van der Waals surface area contributed by atoms with Gasteiger partial charge in [-0.25, -0.2) is 9.97 Å². The molecular formula is C13H22N4. The molecule has 0 aromatic carbocycles. The molecule has 0 fully saturated rings. The van der Waals surface area contributed by atoms with E-state index in [1.165, 1.54) is 17.0 Å². The number of rotatable bonds is 4. The van der Waals surface area contributed by atoms with E-state index in [0.29, 0.717) is 5.92 Å². The monoisotopic (exact) mass is 234 g/mol. The van der Waals surface area contributed by atoms with E-state index < -0.39 is 0 Å². The summed E-state index contributed by atoms with van der Waals surface area (Å²) < 4.78 is 0. The molecule has 0 radical (unpaired) electrons. The maximum atomic E-state index is 4.74. The van der Waals surface area contributed by atoms with E-state index >= 15 is 0 Å². The van der Waals surface area contributed by atoms with Crippen molar-refractivity contribution >= 4 is 0 Å². The molecule has 0 unspecified atom stereocenters. The fourth-order valence-electron chi connectivity index (χ4n) is 2.16. The summed E-state index contributed by atoms with van der Waals surface area (Å²) >= 11 is 0. The number of nitrogens with zero attached hydrogens (tertiary/aromatic N) is 3. The van der Waals surface area contributed by atoms with Crippen LogP contribution in [0.15, 0.2) is 0 Å². The third-order valence-corrected chi connectivity index (χ3v) is 3.09. The zero-order valence-corrected chi connectivity index (χ0v) is 11.2. The van der Waals surface area contributed by atoms with Crippen molar-refractivity contribution in [2.24, 2.45) is 0 Å². The maximum absolute atomic E-state index is 4.74. The summed E-state index contributed by atoms with van der Waals surface area (Å²) in [7, 11) is 4.16. The van der Waals surface area contributed by atoms with Crippen molar-refractivity contribution in [3.05, 3.63) is 22.8 Å². The van der Waals surface area contributed by atoms with Crippen LogP contribution in [0, 0.1) is 0 Å². The normalized spacial score (nSPS) is 14.7. The second-order valence-electron chi connectivity index (χ2n) is 5.26. The van der Waals surface area contributed by atoms with Crippen molar-refractivity contribution < 1.29 is 0 Å². The predicted octanol–water partition coefficient (Wildman–Crippen LogP) is 1.31. The van der Waals surface area contributed by atoms with Gasteiger partial charge in [-0.3, -0.25) is 0 Å². The molecule has 94 valence electrons. The second kappa shape index (κ2) is 5.10. The van der Waals surface area contributed by atoms with Crippen LogP contribution in [0.4, 0.5) is 0 Å². The number of likely N-dealkylation sites (N-methyl/N-ethyl adjacent to an activating group) is 1. The van der Waals surface area contributed by atoms with Crippen molar-refractivity contribution in [3.8, 4) is 0 Å². The molecule has 1 aromatic heterocycles. The molecule has 1 aliphatic rings. The smallest absolute Gasteiger partial charge is 0.130 e. The summed E-state index contributed by atoms with van der Waals surface area (Å²) in [6, 6.07) is 0. The molecule has 4 heteroatoms. The van der Waals surface area contributed by atoms with Crippen molar-refractivity contribution in [1.82, 2.24) is 20.2 Å². The molecule has 2 heterocycles. The topological polar surface area (TPSA) is 41.1 Å². The van der Waals surface area contributed by atoms with E-state index in [0.717, 1.165) is 31.9 Å². The summed E-state index contributed by atoms with van der Waals surface area (Å²) in [6.45, 7) is 7.24. The first-order valence-corrected chi connectivity index (χ1v) is 6.32. The lowest BCUT2D eigenvalue weighted by molar-refractivity contribution is 0.409. The molecule has 0 saturated carbocycles. The van der Waals surface area contributed by atoms with Crippen molar-refractivity contribution in [3.63, 3.8) is 0 Å². The Balaban J connectivity index is 2.26. The number of hydrogen-bond donors (Lipinski definition) is 1. The van der Waals surface area contributed by atoms with Crippen molar-refractivity contribution in [1.29, 1.82) is 0 Å². The first kappa shape index (κ1) is 12.5. The lowest BCUT2D eigenvalue weighted by Gasteiger charge is -2.13. The molecule has 1 N–H and O–H groups in total. The Morgan fingerprint density at radius 2 is 2.00 bits per heavy atom. The van der Waals surface area contributed by atoms with Gasteiger partial charge in [0.15, 0.2) is 0 Å². The first-order valence-electron chi connectivity index (χ1n) is 6.32. The minimum atomic E-state index is 0.477. The molecule has 17 heavy (non-hydrogen) atoms. The minimum absolute atomic E-state index is 0.477. The third-order valence-electron chi connectivity index (χ3n) is 3.09. The number of hydrogen-bond acceptors (Lipinski definition) is 4. The summed E-state index contributed by atoms with van der Waals surface area (Å²) in [5.74, 6) is 1.47. The van der Waals surface area contributed by atoms with Crippen LogP contribution in [0.25, 0.3) is 0 Å². The molecule has 2 rings (SSSR count). The Morgan fingerprint density at radius 1 is 1.24 bits per heavy atom. The van der Waals surface area contributed by atoms with Gasteiger partial charge >= 0.3 is 0 Å². The summed E-state index contributed by atoms with van der Waals surface area (Å²) in [5, 5.41) is 3.36. The number of aromatic nitrogens is 2. The fourth-order valence-corrected chi connectivity index (χ4v) is 2.16. The predicted molar refractivity (Wildman–Crippen MR) is 68.9 cm³/mol. The van der Waals surface area contributed by atoms with Gasteiger partial charge in [-0.15, -0.1) is 0 Å². The average molecular weight is 234 g/mol. The number of fused-ring (bicyclic) bond motifs is 1. The lowest BCUT2D eigenvalue weighted by atomic mass is 10.0. The molecule has 0 bridgehead atoms. The van der Waals surface area contributed by atoms with Gasteiger partial charge in [0, 0.05) is 31.6 Å². The van der Waals surface area contributed by atoms with E-state index in [2.05, 4.69) is 43.1 Å². The molecule has 1 aliphatic heterocycles. The van der Waals surface area contributed by atoms with Crippen LogP contribution in [0.2, 0.25) is 0 Å². The van der Waals surface area contributed by atoms with Crippen LogP contribution >= 0.6 is 0 Å². The maximum Gasteiger partial charge on any atom is 0.130 e. The van der Waals surface area contributed by atoms with Crippen LogP contribution in [-0.4, -0.2) is 35.5 Å². The molecule has 1 aromatic rings. The summed E-state index contributed by atoms with van der Waals surface area (Å²) in [5.41, 5.74) is 3.76. The highest BCUT2D eigenvalue weighted by Gasteiger charge is 2.20. The Morgan fingerprint density at radius 3 is 2.65 bits per heavy atom. The van der Waals surface area contributed by atoms with Gasteiger partial charge < -0.3 is 10.2 Å². The van der Waals surface area contributed by atoms with Crippen molar-refractivity contribution in [2.45, 2.75) is 39.3 Å². The highest BCUT2D eigenvalue weighted by molar-refractivity contribution is 5.31. The van der Waals surface area contributed by atoms with Crippen LogP contribution in [-0.2, 0) is 19.5 Å². The van der Waals surface area contributed by atoms with Gasteiger partial charge in [0.25, 0.3) is 0 Å². The second-order valence-corrected chi connectivity index (χ2v) is 5.26. The molecule has 0 atom stereocenters. The third kappa shape index (κ3) is 2.82. The van der Waals surface area contributed by atoms with Gasteiger partial charge in [-0.2, -0.15) is 0 Å². The minimum Gasteiger partial charge on any atom is -0.309 e. The quantitative estimate of drug-likeness (QED) is 0.853. The highest BCUT2D eigenvalue weighted by atomic mass is 15.1. The van der Waals surface area contributed by atoms with Crippen LogP contribution in [0.3, 0.4) is 0 Å². The van der Waals surface area contributed by atoms with Gasteiger partial charge in [-0.1, -0.05) is 13.8 Å². The van der Waals surface area contributed by atoms with Gasteiger partial charge in [0.1, 0.15) is 5.82 Å². The first-order chi connectivity index (χ1) is 8.08. The van der Waals surface area contributed by atoms with Crippen LogP contribution in [0.1, 0.15) is 42.5 Å². The lowest BCUT2D eigenvalue weighted by Crippen LogP contribution is -2.17. The molecule has 0 aliphatic carbocycles. The van der Waals surface area contributed by atoms with Gasteiger partial charge in [0.2, 0.25) is 0 Å². The Bertz CT molecular complexity index is 399. The molecule has 0 spiro atoms. The van der Waals surface area contributed by atoms with Crippen LogP contribution in [0.5, 0.6) is 0 Å². The molecule has 0 saturated heterocycles. The zero-order chi connectivity index (χ0) is 12.4. The van der Waals surface area contributed by atoms with E-state index in [-0.39, 0.29) is 0 Å². The molecule has 4 nitrogen and oxygen atoms in total. The highest BCUT2D eigenvalue weighted by Crippen LogP contribution is 2.23. The Hall–Kier alpha value is -1.00. The standard InChI is InChI=1S/C13H22N4/c1-9(2)13-10-7-14-8-11(10)15-12(16-13)5-6-17(3)4/h9,14H,5-8H2,1-4H3. The van der Waals surface area contributed by atoms with E-state index in [1.807, 2.05) is 0 Å². The molecular weight excluding hydrogens is 212 g/mol. The van der Waals surface area contributed by atoms with Gasteiger partial charge in [0.05, 0.1) is 11.4 Å². The Kier molecular flexibility index (Phi) is 3.74. The van der Waals surface area contributed by atoms with Crippen LogP contribution < -0.4 is 5.32 Å². The van der Waals surface area contributed by atoms with Gasteiger partial charge in [-0.05, 0) is 20.0 Å². The number of nitrogens with one attached hydrogen (secondary N) is 1. The average Bonchev–Trinajstić information content (AvgIpc) is 2.72. The SMILES string of the molecule is CC(C)c1nc(CCN(C)C)nc2c1CNC2. The molecule has 0 amide bonds. The summed E-state index contributed by atoms with van der Waals surface area (Å²) in [4.78, 5) is 11.6.